The van der Waals surface area contributed by atoms with Crippen molar-refractivity contribution in [1.82, 2.24) is 9.13 Å². The molecule has 28 heavy (non-hydrogen) atoms. The van der Waals surface area contributed by atoms with Gasteiger partial charge in [0.1, 0.15) is 5.69 Å². The Kier molecular flexibility index (Phi) is 3.03. The van der Waals surface area contributed by atoms with Gasteiger partial charge in [-0.05, 0) is 54.1 Å². The first-order chi connectivity index (χ1) is 13.6. The maximum atomic E-state index is 4.42. The molecule has 0 saturated heterocycles. The summed E-state index contributed by atoms with van der Waals surface area (Å²) in [7, 11) is 2.10. The van der Waals surface area contributed by atoms with Crippen LogP contribution in [0.5, 0.6) is 0 Å². The van der Waals surface area contributed by atoms with Crippen LogP contribution in [-0.2, 0) is 7.05 Å². The number of allylic oxidation sites excluding steroid dienone is 2. The Hall–Kier alpha value is -3.26. The molecule has 1 heterocycles. The van der Waals surface area contributed by atoms with Crippen LogP contribution in [0, 0.1) is 13.8 Å². The lowest BCUT2D eigenvalue weighted by molar-refractivity contribution is 0.856. The van der Waals surface area contributed by atoms with Crippen molar-refractivity contribution >= 4 is 34.0 Å². The first-order valence-electron chi connectivity index (χ1n) is 9.92. The maximum Gasteiger partial charge on any atom is 0.188 e. The molecule has 0 radical (unpaired) electrons. The van der Waals surface area contributed by atoms with Gasteiger partial charge in [-0.1, -0.05) is 30.4 Å². The number of aromatic nitrogens is 2. The van der Waals surface area contributed by atoms with Gasteiger partial charge in [0.05, 0.1) is 0 Å². The third-order valence-corrected chi connectivity index (χ3v) is 6.49. The predicted octanol–water partition coefficient (Wildman–Crippen LogP) is 6.42. The van der Waals surface area contributed by atoms with Crippen molar-refractivity contribution in [3.8, 4) is 5.69 Å². The van der Waals surface area contributed by atoms with Crippen molar-refractivity contribution in [2.45, 2.75) is 19.3 Å². The summed E-state index contributed by atoms with van der Waals surface area (Å²) in [5.41, 5.74) is 9.12. The number of fused-ring (bicyclic) bond motifs is 1. The topological polar surface area (TPSA) is 9.86 Å². The first-order valence-corrected chi connectivity index (χ1v) is 9.92. The number of aryl methyl sites for hydroxylation is 2. The zero-order valence-electron chi connectivity index (χ0n) is 16.2. The molecular formula is C26H22N2. The number of nitrogens with zero attached hydrogens (tertiary/aromatic N) is 2. The van der Waals surface area contributed by atoms with E-state index >= 15 is 0 Å². The third-order valence-electron chi connectivity index (χ3n) is 6.49. The number of benzene rings is 3. The lowest BCUT2D eigenvalue weighted by atomic mass is 9.78. The number of imidazole rings is 1. The molecule has 0 N–H and O–H groups in total. The van der Waals surface area contributed by atoms with Crippen LogP contribution in [0.1, 0.15) is 40.4 Å². The predicted molar refractivity (Wildman–Crippen MR) is 119 cm³/mol. The number of rotatable bonds is 1. The minimum atomic E-state index is 0.489. The van der Waals surface area contributed by atoms with Crippen LogP contribution >= 0.6 is 0 Å². The van der Waals surface area contributed by atoms with Crippen LogP contribution in [0.2, 0.25) is 0 Å². The van der Waals surface area contributed by atoms with Crippen molar-refractivity contribution < 1.29 is 0 Å². The Labute approximate surface area is 165 Å². The molecule has 2 aliphatic carbocycles. The summed E-state index contributed by atoms with van der Waals surface area (Å²) in [6, 6.07) is 15.5. The molecule has 1 unspecified atom stereocenters. The molecule has 0 spiro atoms. The molecule has 0 fully saturated rings. The monoisotopic (exact) mass is 362 g/mol. The minimum Gasteiger partial charge on any atom is -0.294 e. The molecule has 136 valence electrons. The minimum absolute atomic E-state index is 0.489. The van der Waals surface area contributed by atoms with E-state index in [1.54, 1.807) is 0 Å². The standard InChI is InChI=1S/C26H22N2/c1-16-15-20-12-11-18-7-6-8-19-13-14-21(25(20)24(18)19)26(16)28-17(2)27(3)22-9-4-5-10-23(22)28/h4-7,9-15,19H,2,8H2,1,3H3. The summed E-state index contributed by atoms with van der Waals surface area (Å²) in [6.45, 7) is 6.64. The van der Waals surface area contributed by atoms with Crippen molar-refractivity contribution in [2.24, 2.45) is 7.05 Å². The molecule has 2 aliphatic rings. The molecule has 0 saturated carbocycles. The van der Waals surface area contributed by atoms with Gasteiger partial charge in [0.25, 0.3) is 0 Å². The number of para-hydroxylation sites is 2. The molecule has 3 aromatic carbocycles. The van der Waals surface area contributed by atoms with Gasteiger partial charge in [-0.15, -0.1) is 0 Å². The van der Waals surface area contributed by atoms with E-state index in [1.807, 2.05) is 0 Å². The summed E-state index contributed by atoms with van der Waals surface area (Å²) >= 11 is 0. The highest BCUT2D eigenvalue weighted by Gasteiger charge is 2.28. The quantitative estimate of drug-likeness (QED) is 0.346. The molecule has 1 atom stereocenters. The second-order valence-electron chi connectivity index (χ2n) is 8.03. The number of hydrogen-bond donors (Lipinski definition) is 0. The summed E-state index contributed by atoms with van der Waals surface area (Å²) in [6.07, 6.45) is 10.4. The average molecular weight is 362 g/mol. The van der Waals surface area contributed by atoms with Crippen LogP contribution in [0.25, 0.3) is 39.6 Å². The lowest BCUT2D eigenvalue weighted by Crippen LogP contribution is -2.11. The second kappa shape index (κ2) is 5.39. The normalized spacial score (nSPS) is 17.0. The largest absolute Gasteiger partial charge is 0.294 e. The summed E-state index contributed by atoms with van der Waals surface area (Å²) in [4.78, 5) is 0. The van der Waals surface area contributed by atoms with Gasteiger partial charge < -0.3 is 0 Å². The second-order valence-corrected chi connectivity index (χ2v) is 8.03. The molecule has 0 bridgehead atoms. The van der Waals surface area contributed by atoms with Crippen LogP contribution in [0.3, 0.4) is 0 Å². The van der Waals surface area contributed by atoms with Crippen molar-refractivity contribution in [3.05, 3.63) is 89.6 Å². The SMILES string of the molecule is [CH2-][c+]1n(C)c2ccccc2n1-c1c(C)cc2ccc3c4c2c1C=CC4CC=C3. The van der Waals surface area contributed by atoms with E-state index in [2.05, 4.69) is 96.8 Å². The van der Waals surface area contributed by atoms with Gasteiger partial charge in [-0.2, -0.15) is 0 Å². The van der Waals surface area contributed by atoms with Gasteiger partial charge in [0.2, 0.25) is 0 Å². The van der Waals surface area contributed by atoms with Crippen LogP contribution in [0.15, 0.2) is 54.6 Å². The fraction of sp³-hybridized carbons (Fsp3) is 0.154. The van der Waals surface area contributed by atoms with Crippen LogP contribution < -0.4 is 0 Å². The summed E-state index contributed by atoms with van der Waals surface area (Å²) in [5, 5.41) is 2.75. The van der Waals surface area contributed by atoms with Gasteiger partial charge in [-0.3, -0.25) is 11.5 Å². The molecule has 0 aliphatic heterocycles. The summed E-state index contributed by atoms with van der Waals surface area (Å²) < 4.78 is 4.52. The highest BCUT2D eigenvalue weighted by molar-refractivity contribution is 6.02. The van der Waals surface area contributed by atoms with Crippen LogP contribution in [-0.4, -0.2) is 9.13 Å². The fourth-order valence-corrected chi connectivity index (χ4v) is 5.17. The van der Waals surface area contributed by atoms with Crippen molar-refractivity contribution in [3.63, 3.8) is 0 Å². The van der Waals surface area contributed by atoms with Crippen molar-refractivity contribution in [2.75, 3.05) is 0 Å². The Balaban J connectivity index is 1.81. The van der Waals surface area contributed by atoms with Gasteiger partial charge in [-0.25, -0.2) is 4.57 Å². The maximum absolute atomic E-state index is 4.42. The Morgan fingerprint density at radius 2 is 1.89 bits per heavy atom. The van der Waals surface area contributed by atoms with E-state index in [9.17, 15) is 0 Å². The highest BCUT2D eigenvalue weighted by atomic mass is 15.2. The molecule has 1 aromatic heterocycles. The van der Waals surface area contributed by atoms with E-state index < -0.39 is 0 Å². The Morgan fingerprint density at radius 3 is 2.75 bits per heavy atom. The van der Waals surface area contributed by atoms with Crippen LogP contribution in [0.4, 0.5) is 0 Å². The highest BCUT2D eigenvalue weighted by Crippen LogP contribution is 2.45. The number of hydrogen-bond acceptors (Lipinski definition) is 0. The molecule has 0 amide bonds. The molecular weight excluding hydrogens is 340 g/mol. The third kappa shape index (κ3) is 1.87. The first kappa shape index (κ1) is 15.8. The average Bonchev–Trinajstić information content (AvgIpc) is 2.97. The van der Waals surface area contributed by atoms with E-state index in [1.165, 1.54) is 49.7 Å². The van der Waals surface area contributed by atoms with Gasteiger partial charge in [0.15, 0.2) is 11.0 Å². The summed E-state index contributed by atoms with van der Waals surface area (Å²) in [5.74, 6) is 1.49. The Morgan fingerprint density at radius 1 is 1.07 bits per heavy atom. The molecule has 2 heteroatoms. The molecule has 6 rings (SSSR count). The Bertz CT molecular complexity index is 1360. The molecule has 2 nitrogen and oxygen atoms in total. The smallest absolute Gasteiger partial charge is 0.188 e. The zero-order chi connectivity index (χ0) is 19.0. The fourth-order valence-electron chi connectivity index (χ4n) is 5.17. The van der Waals surface area contributed by atoms with E-state index in [0.29, 0.717) is 5.92 Å². The van der Waals surface area contributed by atoms with Crippen molar-refractivity contribution in [1.29, 1.82) is 0 Å². The van der Waals surface area contributed by atoms with E-state index in [-0.39, 0.29) is 0 Å². The van der Waals surface area contributed by atoms with E-state index in [0.717, 1.165) is 12.2 Å². The lowest BCUT2D eigenvalue weighted by Gasteiger charge is -2.26. The van der Waals surface area contributed by atoms with Gasteiger partial charge in [0, 0.05) is 47.4 Å². The zero-order valence-corrected chi connectivity index (χ0v) is 16.2. The van der Waals surface area contributed by atoms with E-state index in [4.69, 9.17) is 0 Å². The molecule has 4 aromatic rings. The van der Waals surface area contributed by atoms with Gasteiger partial charge >= 0.3 is 0 Å².